The van der Waals surface area contributed by atoms with Gasteiger partial charge < -0.3 is 10.2 Å². The third kappa shape index (κ3) is 3.18. The van der Waals surface area contributed by atoms with Crippen LogP contribution in [0.3, 0.4) is 0 Å². The molecule has 0 saturated carbocycles. The highest BCUT2D eigenvalue weighted by molar-refractivity contribution is 6.06. The van der Waals surface area contributed by atoms with E-state index in [1.807, 2.05) is 37.2 Å². The maximum absolute atomic E-state index is 12.4. The van der Waals surface area contributed by atoms with Gasteiger partial charge in [-0.05, 0) is 18.2 Å². The molecule has 0 unspecified atom stereocenters. The summed E-state index contributed by atoms with van der Waals surface area (Å²) in [6.07, 6.45) is 6.48. The number of H-pyrrole nitrogens is 1. The first-order chi connectivity index (χ1) is 11.1. The number of anilines is 2. The van der Waals surface area contributed by atoms with Crippen molar-refractivity contribution < 1.29 is 4.79 Å². The molecule has 3 heterocycles. The van der Waals surface area contributed by atoms with Crippen molar-refractivity contribution in [3.05, 3.63) is 54.6 Å². The average molecular weight is 308 g/mol. The molecule has 3 aromatic rings. The van der Waals surface area contributed by atoms with Gasteiger partial charge >= 0.3 is 0 Å². The summed E-state index contributed by atoms with van der Waals surface area (Å²) < 4.78 is 0. The third-order valence-electron chi connectivity index (χ3n) is 3.31. The van der Waals surface area contributed by atoms with Gasteiger partial charge in [0.25, 0.3) is 5.91 Å². The molecule has 0 saturated heterocycles. The quantitative estimate of drug-likeness (QED) is 0.771. The highest BCUT2D eigenvalue weighted by Gasteiger charge is 2.14. The lowest BCUT2D eigenvalue weighted by Gasteiger charge is -2.12. The molecule has 0 fully saturated rings. The van der Waals surface area contributed by atoms with Crippen LogP contribution in [-0.2, 0) is 0 Å². The molecule has 0 aliphatic heterocycles. The monoisotopic (exact) mass is 308 g/mol. The fraction of sp³-hybridized carbons (Fsp3) is 0.125. The maximum Gasteiger partial charge on any atom is 0.257 e. The lowest BCUT2D eigenvalue weighted by Crippen LogP contribution is -2.15. The topological polar surface area (TPSA) is 86.8 Å². The van der Waals surface area contributed by atoms with Crippen molar-refractivity contribution in [2.45, 2.75) is 0 Å². The zero-order valence-corrected chi connectivity index (χ0v) is 12.8. The normalized spacial score (nSPS) is 10.3. The van der Waals surface area contributed by atoms with Gasteiger partial charge in [0, 0.05) is 26.5 Å². The number of rotatable bonds is 4. The van der Waals surface area contributed by atoms with E-state index >= 15 is 0 Å². The van der Waals surface area contributed by atoms with Crippen molar-refractivity contribution in [1.82, 2.24) is 20.2 Å². The number of aromatic nitrogens is 4. The van der Waals surface area contributed by atoms with E-state index < -0.39 is 0 Å². The first kappa shape index (κ1) is 14.7. The molecule has 0 spiro atoms. The summed E-state index contributed by atoms with van der Waals surface area (Å²) in [5.41, 5.74) is 3.28. The van der Waals surface area contributed by atoms with E-state index in [2.05, 4.69) is 25.5 Å². The fourth-order valence-electron chi connectivity index (χ4n) is 2.08. The van der Waals surface area contributed by atoms with Crippen LogP contribution in [0.25, 0.3) is 11.4 Å². The van der Waals surface area contributed by atoms with E-state index in [1.54, 1.807) is 24.7 Å². The van der Waals surface area contributed by atoms with Crippen molar-refractivity contribution in [1.29, 1.82) is 0 Å². The van der Waals surface area contributed by atoms with Crippen LogP contribution < -0.4 is 10.2 Å². The molecule has 0 aromatic carbocycles. The van der Waals surface area contributed by atoms with Crippen molar-refractivity contribution >= 4 is 17.3 Å². The van der Waals surface area contributed by atoms with Crippen LogP contribution in [0.1, 0.15) is 10.4 Å². The number of aromatic amines is 1. The van der Waals surface area contributed by atoms with Gasteiger partial charge in [0.1, 0.15) is 5.69 Å². The van der Waals surface area contributed by atoms with Crippen LogP contribution in [0.4, 0.5) is 11.4 Å². The summed E-state index contributed by atoms with van der Waals surface area (Å²) in [5, 5.41) is 9.69. The van der Waals surface area contributed by atoms with Gasteiger partial charge in [0.15, 0.2) is 0 Å². The Balaban J connectivity index is 1.85. The van der Waals surface area contributed by atoms with E-state index in [0.717, 1.165) is 5.69 Å². The molecule has 1 amide bonds. The second-order valence-corrected chi connectivity index (χ2v) is 5.15. The zero-order chi connectivity index (χ0) is 16.2. The number of carbonyl (C=O) groups is 1. The summed E-state index contributed by atoms with van der Waals surface area (Å²) in [4.78, 5) is 22.7. The molecule has 7 nitrogen and oxygen atoms in total. The van der Waals surface area contributed by atoms with E-state index in [0.29, 0.717) is 22.6 Å². The van der Waals surface area contributed by atoms with Crippen molar-refractivity contribution in [3.8, 4) is 11.4 Å². The van der Waals surface area contributed by atoms with Crippen LogP contribution >= 0.6 is 0 Å². The van der Waals surface area contributed by atoms with E-state index in [1.165, 1.54) is 6.20 Å². The van der Waals surface area contributed by atoms with Crippen LogP contribution in [0, 0.1) is 0 Å². The molecule has 0 aliphatic carbocycles. The summed E-state index contributed by atoms with van der Waals surface area (Å²) in [5.74, 6) is -0.250. The molecular formula is C16H16N6O. The van der Waals surface area contributed by atoms with Crippen molar-refractivity contribution in [2.24, 2.45) is 0 Å². The Morgan fingerprint density at radius 1 is 1.22 bits per heavy atom. The number of amides is 1. The van der Waals surface area contributed by atoms with Gasteiger partial charge in [0.05, 0.1) is 35.0 Å². The minimum atomic E-state index is -0.250. The molecule has 7 heteroatoms. The number of carbonyl (C=O) groups excluding carboxylic acids is 1. The molecule has 116 valence electrons. The molecule has 0 bridgehead atoms. The van der Waals surface area contributed by atoms with Gasteiger partial charge in [-0.25, -0.2) is 0 Å². The van der Waals surface area contributed by atoms with E-state index in [4.69, 9.17) is 0 Å². The number of nitrogens with zero attached hydrogens (tertiary/aromatic N) is 4. The number of hydrogen-bond donors (Lipinski definition) is 2. The van der Waals surface area contributed by atoms with Crippen LogP contribution in [0.15, 0.2) is 49.1 Å². The van der Waals surface area contributed by atoms with Gasteiger partial charge in [-0.15, -0.1) is 0 Å². The minimum absolute atomic E-state index is 0.250. The Kier molecular flexibility index (Phi) is 4.01. The Bertz CT molecular complexity index is 812. The summed E-state index contributed by atoms with van der Waals surface area (Å²) >= 11 is 0. The SMILES string of the molecule is CN(C)c1cncc(C(=O)Nc2cn[nH]c2-c2ccccn2)c1. The predicted molar refractivity (Wildman–Crippen MR) is 88.3 cm³/mol. The highest BCUT2D eigenvalue weighted by Crippen LogP contribution is 2.23. The molecule has 2 N–H and O–H groups in total. The van der Waals surface area contributed by atoms with Gasteiger partial charge in [-0.2, -0.15) is 5.10 Å². The minimum Gasteiger partial charge on any atom is -0.376 e. The van der Waals surface area contributed by atoms with Crippen molar-refractivity contribution in [3.63, 3.8) is 0 Å². The number of nitrogens with one attached hydrogen (secondary N) is 2. The molecular weight excluding hydrogens is 292 g/mol. The summed E-state index contributed by atoms with van der Waals surface area (Å²) in [7, 11) is 3.79. The molecule has 0 aliphatic rings. The predicted octanol–water partition coefficient (Wildman–Crippen LogP) is 2.18. The largest absolute Gasteiger partial charge is 0.376 e. The standard InChI is InChI=1S/C16H16N6O/c1-22(2)12-7-11(8-17-9-12)16(23)20-14-10-19-21-15(14)13-5-3-4-6-18-13/h3-10H,1-2H3,(H,19,21)(H,20,23). The second-order valence-electron chi connectivity index (χ2n) is 5.15. The van der Waals surface area contributed by atoms with E-state index in [9.17, 15) is 4.79 Å². The van der Waals surface area contributed by atoms with Crippen LogP contribution in [0.5, 0.6) is 0 Å². The average Bonchev–Trinajstić information content (AvgIpc) is 3.04. The van der Waals surface area contributed by atoms with E-state index in [-0.39, 0.29) is 5.91 Å². The first-order valence-electron chi connectivity index (χ1n) is 7.03. The molecule has 3 aromatic heterocycles. The molecule has 0 atom stereocenters. The molecule has 23 heavy (non-hydrogen) atoms. The number of pyridine rings is 2. The van der Waals surface area contributed by atoms with Gasteiger partial charge in [0.2, 0.25) is 0 Å². The number of hydrogen-bond acceptors (Lipinski definition) is 5. The smallest absolute Gasteiger partial charge is 0.257 e. The first-order valence-corrected chi connectivity index (χ1v) is 7.03. The fourth-order valence-corrected chi connectivity index (χ4v) is 2.08. The highest BCUT2D eigenvalue weighted by atomic mass is 16.1. The van der Waals surface area contributed by atoms with Crippen LogP contribution in [0.2, 0.25) is 0 Å². The lowest BCUT2D eigenvalue weighted by atomic mass is 10.2. The Hall–Kier alpha value is -3.22. The van der Waals surface area contributed by atoms with Crippen LogP contribution in [-0.4, -0.2) is 40.2 Å². The lowest BCUT2D eigenvalue weighted by molar-refractivity contribution is 0.102. The third-order valence-corrected chi connectivity index (χ3v) is 3.31. The summed E-state index contributed by atoms with van der Waals surface area (Å²) in [6, 6.07) is 7.33. The zero-order valence-electron chi connectivity index (χ0n) is 12.8. The van der Waals surface area contributed by atoms with Crippen molar-refractivity contribution in [2.75, 3.05) is 24.3 Å². The summed E-state index contributed by atoms with van der Waals surface area (Å²) in [6.45, 7) is 0. The second kappa shape index (κ2) is 6.27. The molecule has 0 radical (unpaired) electrons. The Morgan fingerprint density at radius 2 is 2.09 bits per heavy atom. The Morgan fingerprint density at radius 3 is 2.83 bits per heavy atom. The Labute approximate surface area is 133 Å². The molecule has 3 rings (SSSR count). The van der Waals surface area contributed by atoms with Gasteiger partial charge in [-0.3, -0.25) is 19.9 Å². The van der Waals surface area contributed by atoms with Gasteiger partial charge in [-0.1, -0.05) is 6.07 Å². The maximum atomic E-state index is 12.4.